The zero-order valence-electron chi connectivity index (χ0n) is 17.5. The van der Waals surface area contributed by atoms with Crippen molar-refractivity contribution in [2.75, 3.05) is 17.7 Å². The fraction of sp³-hybridized carbons (Fsp3) is 0.269. The van der Waals surface area contributed by atoms with Crippen molar-refractivity contribution >= 4 is 23.4 Å². The van der Waals surface area contributed by atoms with Crippen molar-refractivity contribution in [2.24, 2.45) is 0 Å². The van der Waals surface area contributed by atoms with Crippen LogP contribution in [0.15, 0.2) is 83.8 Å². The third-order valence-corrected chi connectivity index (χ3v) is 6.17. The summed E-state index contributed by atoms with van der Waals surface area (Å²) in [6.07, 6.45) is 5.08. The van der Waals surface area contributed by atoms with E-state index in [0.29, 0.717) is 18.3 Å². The highest BCUT2D eigenvalue weighted by Crippen LogP contribution is 2.25. The lowest BCUT2D eigenvalue weighted by atomic mass is 10.2. The van der Waals surface area contributed by atoms with E-state index in [9.17, 15) is 4.79 Å². The first-order valence-corrected chi connectivity index (χ1v) is 11.7. The average Bonchev–Trinajstić information content (AvgIpc) is 3.32. The zero-order valence-corrected chi connectivity index (χ0v) is 18.3. The molecule has 5 heteroatoms. The fourth-order valence-corrected chi connectivity index (χ4v) is 4.31. The highest BCUT2D eigenvalue weighted by molar-refractivity contribution is 7.99. The van der Waals surface area contributed by atoms with Gasteiger partial charge in [0, 0.05) is 21.9 Å². The van der Waals surface area contributed by atoms with E-state index in [1.807, 2.05) is 54.6 Å². The molecule has 3 aromatic rings. The van der Waals surface area contributed by atoms with Crippen LogP contribution in [0.25, 0.3) is 0 Å². The first kappa shape index (κ1) is 21.3. The molecule has 1 amide bonds. The topological polar surface area (TPSA) is 47.6 Å². The molecule has 0 radical (unpaired) electrons. The van der Waals surface area contributed by atoms with Crippen molar-refractivity contribution in [1.82, 2.24) is 0 Å². The van der Waals surface area contributed by atoms with Gasteiger partial charge in [0.2, 0.25) is 0 Å². The van der Waals surface area contributed by atoms with Crippen LogP contribution in [0.3, 0.4) is 0 Å². The quantitative estimate of drug-likeness (QED) is 0.312. The minimum atomic E-state index is -0.143. The Morgan fingerprint density at radius 3 is 2.26 bits per heavy atom. The number of anilines is 1. The number of benzene rings is 3. The molecule has 0 bridgehead atoms. The van der Waals surface area contributed by atoms with E-state index < -0.39 is 0 Å². The third kappa shape index (κ3) is 6.53. The van der Waals surface area contributed by atoms with Crippen LogP contribution < -0.4 is 14.8 Å². The summed E-state index contributed by atoms with van der Waals surface area (Å²) >= 11 is 1.76. The van der Waals surface area contributed by atoms with Gasteiger partial charge in [0.25, 0.3) is 5.91 Å². The highest BCUT2D eigenvalue weighted by atomic mass is 32.2. The molecule has 0 aromatic heterocycles. The maximum atomic E-state index is 12.5. The molecule has 1 aliphatic rings. The molecule has 1 fully saturated rings. The molecule has 4 nitrogen and oxygen atoms in total. The lowest BCUT2D eigenvalue weighted by Gasteiger charge is -2.13. The van der Waals surface area contributed by atoms with Crippen LogP contribution in [0.5, 0.6) is 11.5 Å². The number of amides is 1. The first-order chi connectivity index (χ1) is 15.3. The Kier molecular flexibility index (Phi) is 7.51. The second-order valence-electron chi connectivity index (χ2n) is 7.54. The predicted molar refractivity (Wildman–Crippen MR) is 126 cm³/mol. The van der Waals surface area contributed by atoms with Crippen molar-refractivity contribution < 1.29 is 14.3 Å². The highest BCUT2D eigenvalue weighted by Gasteiger charge is 2.16. The Morgan fingerprint density at radius 2 is 1.55 bits per heavy atom. The van der Waals surface area contributed by atoms with Crippen molar-refractivity contribution in [3.63, 3.8) is 0 Å². The molecule has 0 unspecified atom stereocenters. The summed E-state index contributed by atoms with van der Waals surface area (Å²) in [6.45, 7) is 0.611. The standard InChI is InChI=1S/C26H27NO3S/c28-26(27-21-12-16-24(17-13-21)30-23-6-4-5-7-23)20-10-14-22(15-11-20)29-18-19-31-25-8-2-1-3-9-25/h1-3,8-17,23H,4-7,18-19H2,(H,27,28). The minimum Gasteiger partial charge on any atom is -0.493 e. The first-order valence-electron chi connectivity index (χ1n) is 10.7. The molecule has 4 rings (SSSR count). The Labute approximate surface area is 188 Å². The Bertz CT molecular complexity index is 952. The summed E-state index contributed by atoms with van der Waals surface area (Å²) in [4.78, 5) is 13.8. The van der Waals surface area contributed by atoms with Gasteiger partial charge in [-0.25, -0.2) is 0 Å². The maximum Gasteiger partial charge on any atom is 0.255 e. The van der Waals surface area contributed by atoms with E-state index in [4.69, 9.17) is 9.47 Å². The van der Waals surface area contributed by atoms with Crippen molar-refractivity contribution in [1.29, 1.82) is 0 Å². The van der Waals surface area contributed by atoms with Gasteiger partial charge in [-0.05, 0) is 86.3 Å². The summed E-state index contributed by atoms with van der Waals surface area (Å²) in [6, 6.07) is 25.1. The molecule has 0 saturated heterocycles. The van der Waals surface area contributed by atoms with Gasteiger partial charge in [-0.2, -0.15) is 0 Å². The minimum absolute atomic E-state index is 0.143. The summed E-state index contributed by atoms with van der Waals surface area (Å²) in [5.74, 6) is 2.35. The molecular formula is C26H27NO3S. The summed E-state index contributed by atoms with van der Waals surface area (Å²) in [7, 11) is 0. The zero-order chi connectivity index (χ0) is 21.3. The number of carbonyl (C=O) groups is 1. The number of nitrogens with one attached hydrogen (secondary N) is 1. The smallest absolute Gasteiger partial charge is 0.255 e. The normalized spacial score (nSPS) is 13.7. The van der Waals surface area contributed by atoms with Gasteiger partial charge in [0.15, 0.2) is 0 Å². The van der Waals surface area contributed by atoms with Crippen LogP contribution >= 0.6 is 11.8 Å². The lowest BCUT2D eigenvalue weighted by Crippen LogP contribution is -2.12. The molecular weight excluding hydrogens is 406 g/mol. The summed E-state index contributed by atoms with van der Waals surface area (Å²) in [5, 5.41) is 2.93. The van der Waals surface area contributed by atoms with Gasteiger partial charge >= 0.3 is 0 Å². The monoisotopic (exact) mass is 433 g/mol. The van der Waals surface area contributed by atoms with Gasteiger partial charge in [-0.1, -0.05) is 18.2 Å². The van der Waals surface area contributed by atoms with E-state index in [0.717, 1.165) is 35.8 Å². The summed E-state index contributed by atoms with van der Waals surface area (Å²) in [5.41, 5.74) is 1.35. The van der Waals surface area contributed by atoms with Gasteiger partial charge in [0.1, 0.15) is 11.5 Å². The number of hydrogen-bond acceptors (Lipinski definition) is 4. The van der Waals surface area contributed by atoms with Crippen LogP contribution in [0.2, 0.25) is 0 Å². The summed E-state index contributed by atoms with van der Waals surface area (Å²) < 4.78 is 11.8. The average molecular weight is 434 g/mol. The van der Waals surface area contributed by atoms with Crippen LogP contribution in [-0.4, -0.2) is 24.4 Å². The van der Waals surface area contributed by atoms with Gasteiger partial charge in [-0.3, -0.25) is 4.79 Å². The maximum absolute atomic E-state index is 12.5. The Hall–Kier alpha value is -2.92. The number of ether oxygens (including phenoxy) is 2. The largest absolute Gasteiger partial charge is 0.493 e. The van der Waals surface area contributed by atoms with Crippen LogP contribution in [-0.2, 0) is 0 Å². The van der Waals surface area contributed by atoms with Gasteiger partial charge in [-0.15, -0.1) is 11.8 Å². The molecule has 0 aliphatic heterocycles. The molecule has 0 heterocycles. The number of hydrogen-bond donors (Lipinski definition) is 1. The number of rotatable bonds is 9. The number of thioether (sulfide) groups is 1. The van der Waals surface area contributed by atoms with E-state index in [2.05, 4.69) is 17.4 Å². The Morgan fingerprint density at radius 1 is 0.871 bits per heavy atom. The third-order valence-electron chi connectivity index (χ3n) is 5.20. The van der Waals surface area contributed by atoms with Crippen molar-refractivity contribution in [3.8, 4) is 11.5 Å². The molecule has 1 saturated carbocycles. The Balaban J connectivity index is 1.22. The lowest BCUT2D eigenvalue weighted by molar-refractivity contribution is 0.102. The molecule has 1 aliphatic carbocycles. The molecule has 0 atom stereocenters. The molecule has 160 valence electrons. The van der Waals surface area contributed by atoms with Crippen LogP contribution in [0, 0.1) is 0 Å². The SMILES string of the molecule is O=C(Nc1ccc(OC2CCCC2)cc1)c1ccc(OCCSc2ccccc2)cc1. The molecule has 0 spiro atoms. The van der Waals surface area contributed by atoms with Crippen molar-refractivity contribution in [2.45, 2.75) is 36.7 Å². The van der Waals surface area contributed by atoms with E-state index >= 15 is 0 Å². The van der Waals surface area contributed by atoms with Crippen LogP contribution in [0.4, 0.5) is 5.69 Å². The second kappa shape index (κ2) is 10.9. The van der Waals surface area contributed by atoms with Crippen LogP contribution in [0.1, 0.15) is 36.0 Å². The fourth-order valence-electron chi connectivity index (χ4n) is 3.56. The van der Waals surface area contributed by atoms with E-state index in [1.54, 1.807) is 23.9 Å². The molecule has 31 heavy (non-hydrogen) atoms. The predicted octanol–water partition coefficient (Wildman–Crippen LogP) is 6.43. The molecule has 3 aromatic carbocycles. The molecule has 1 N–H and O–H groups in total. The van der Waals surface area contributed by atoms with E-state index in [-0.39, 0.29) is 5.91 Å². The number of carbonyl (C=O) groups excluding carboxylic acids is 1. The van der Waals surface area contributed by atoms with Crippen molar-refractivity contribution in [3.05, 3.63) is 84.4 Å². The van der Waals surface area contributed by atoms with Gasteiger partial charge in [0.05, 0.1) is 12.7 Å². The van der Waals surface area contributed by atoms with E-state index in [1.165, 1.54) is 17.7 Å². The van der Waals surface area contributed by atoms with Gasteiger partial charge < -0.3 is 14.8 Å². The second-order valence-corrected chi connectivity index (χ2v) is 8.71.